The topological polar surface area (TPSA) is 117 Å². The van der Waals surface area contributed by atoms with E-state index in [1.165, 1.54) is 34.5 Å². The van der Waals surface area contributed by atoms with E-state index < -0.39 is 28.5 Å². The minimum atomic E-state index is -3.63. The molecule has 0 atom stereocenters. The summed E-state index contributed by atoms with van der Waals surface area (Å²) in [5.41, 5.74) is 0.359. The Labute approximate surface area is 192 Å². The van der Waals surface area contributed by atoms with Crippen LogP contribution in [-0.4, -0.2) is 69.4 Å². The Morgan fingerprint density at radius 3 is 2.24 bits per heavy atom. The zero-order chi connectivity index (χ0) is 23.8. The number of benzene rings is 2. The number of piperazine rings is 1. The number of nitrogens with zero attached hydrogens (tertiary/aromatic N) is 3. The van der Waals surface area contributed by atoms with Gasteiger partial charge >= 0.3 is 5.97 Å². The molecule has 0 unspecified atom stereocenters. The second-order valence-corrected chi connectivity index (χ2v) is 9.05. The summed E-state index contributed by atoms with van der Waals surface area (Å²) in [5, 5.41) is 9.27. The van der Waals surface area contributed by atoms with Crippen LogP contribution in [0.25, 0.3) is 6.08 Å². The van der Waals surface area contributed by atoms with Gasteiger partial charge in [0, 0.05) is 26.2 Å². The minimum Gasteiger partial charge on any atom is -0.497 e. The fourth-order valence-corrected chi connectivity index (χ4v) is 4.66. The summed E-state index contributed by atoms with van der Waals surface area (Å²) in [6, 6.07) is 16.6. The second kappa shape index (κ2) is 10.8. The van der Waals surface area contributed by atoms with E-state index in [1.54, 1.807) is 48.5 Å². The lowest BCUT2D eigenvalue weighted by Crippen LogP contribution is -2.51. The van der Waals surface area contributed by atoms with Crippen molar-refractivity contribution < 1.29 is 27.5 Å². The van der Waals surface area contributed by atoms with Gasteiger partial charge in [0.1, 0.15) is 17.4 Å². The van der Waals surface area contributed by atoms with Crippen molar-refractivity contribution in [2.75, 3.05) is 39.9 Å². The number of rotatable bonds is 7. The lowest BCUT2D eigenvalue weighted by molar-refractivity contribution is -0.149. The second-order valence-electron chi connectivity index (χ2n) is 7.12. The van der Waals surface area contributed by atoms with E-state index in [4.69, 9.17) is 9.47 Å². The highest BCUT2D eigenvalue weighted by atomic mass is 32.2. The summed E-state index contributed by atoms with van der Waals surface area (Å²) in [6.45, 7) is 0.0891. The highest BCUT2D eigenvalue weighted by Gasteiger charge is 2.30. The number of hydrogen-bond donors (Lipinski definition) is 0. The Balaban J connectivity index is 1.53. The van der Waals surface area contributed by atoms with Crippen molar-refractivity contribution in [3.63, 3.8) is 0 Å². The summed E-state index contributed by atoms with van der Waals surface area (Å²) in [5.74, 6) is -0.732. The predicted octanol–water partition coefficient (Wildman–Crippen LogP) is 1.68. The van der Waals surface area contributed by atoms with Crippen molar-refractivity contribution >= 4 is 28.0 Å². The van der Waals surface area contributed by atoms with E-state index in [0.29, 0.717) is 11.3 Å². The molecule has 1 saturated heterocycles. The molecular formula is C23H23N3O6S. The number of amides is 1. The third-order valence-electron chi connectivity index (χ3n) is 5.07. The Bertz CT molecular complexity index is 1160. The van der Waals surface area contributed by atoms with Crippen molar-refractivity contribution in [3.05, 3.63) is 65.7 Å². The van der Waals surface area contributed by atoms with Gasteiger partial charge in [0.25, 0.3) is 5.91 Å². The first-order valence-electron chi connectivity index (χ1n) is 10.1. The molecule has 1 fully saturated rings. The van der Waals surface area contributed by atoms with Crippen LogP contribution >= 0.6 is 0 Å². The maximum atomic E-state index is 12.7. The fraction of sp³-hybridized carbons (Fsp3) is 0.261. The van der Waals surface area contributed by atoms with Gasteiger partial charge in [0.15, 0.2) is 6.61 Å². The Morgan fingerprint density at radius 1 is 1.03 bits per heavy atom. The number of nitriles is 1. The maximum Gasteiger partial charge on any atom is 0.349 e. The van der Waals surface area contributed by atoms with Crippen LogP contribution in [0.4, 0.5) is 0 Å². The van der Waals surface area contributed by atoms with Crippen LogP contribution in [0.1, 0.15) is 5.56 Å². The zero-order valence-corrected chi connectivity index (χ0v) is 18.8. The van der Waals surface area contributed by atoms with Crippen LogP contribution in [0.15, 0.2) is 65.1 Å². The van der Waals surface area contributed by atoms with Crippen LogP contribution < -0.4 is 4.74 Å². The van der Waals surface area contributed by atoms with Crippen molar-refractivity contribution in [2.24, 2.45) is 0 Å². The highest BCUT2D eigenvalue weighted by molar-refractivity contribution is 7.89. The highest BCUT2D eigenvalue weighted by Crippen LogP contribution is 2.18. The molecule has 2 aromatic rings. The average Bonchev–Trinajstić information content (AvgIpc) is 2.86. The molecule has 1 aliphatic heterocycles. The van der Waals surface area contributed by atoms with Crippen molar-refractivity contribution in [1.29, 1.82) is 5.26 Å². The Kier molecular flexibility index (Phi) is 7.82. The first-order valence-corrected chi connectivity index (χ1v) is 11.5. The zero-order valence-electron chi connectivity index (χ0n) is 18.0. The minimum absolute atomic E-state index is 0.137. The lowest BCUT2D eigenvalue weighted by Gasteiger charge is -2.33. The molecule has 0 spiro atoms. The van der Waals surface area contributed by atoms with Crippen LogP contribution in [0.2, 0.25) is 0 Å². The average molecular weight is 470 g/mol. The first-order chi connectivity index (χ1) is 15.8. The summed E-state index contributed by atoms with van der Waals surface area (Å²) in [7, 11) is -2.10. The molecule has 2 aromatic carbocycles. The SMILES string of the molecule is COc1ccc(/C=C(\C#N)C(=O)OCC(=O)N2CCN(S(=O)(=O)c3ccccc3)CC2)cc1. The molecule has 0 N–H and O–H groups in total. The van der Waals surface area contributed by atoms with E-state index in [9.17, 15) is 23.3 Å². The predicted molar refractivity (Wildman–Crippen MR) is 119 cm³/mol. The van der Waals surface area contributed by atoms with Gasteiger partial charge in [-0.25, -0.2) is 13.2 Å². The molecule has 3 rings (SSSR count). The largest absolute Gasteiger partial charge is 0.497 e. The van der Waals surface area contributed by atoms with E-state index in [2.05, 4.69) is 0 Å². The summed E-state index contributed by atoms with van der Waals surface area (Å²) in [4.78, 5) is 26.3. The molecule has 9 nitrogen and oxygen atoms in total. The van der Waals surface area contributed by atoms with Crippen LogP contribution in [0.3, 0.4) is 0 Å². The third-order valence-corrected chi connectivity index (χ3v) is 6.98. The molecule has 1 amide bonds. The molecule has 1 heterocycles. The number of ether oxygens (including phenoxy) is 2. The van der Waals surface area contributed by atoms with E-state index in [-0.39, 0.29) is 36.6 Å². The smallest absolute Gasteiger partial charge is 0.349 e. The van der Waals surface area contributed by atoms with Gasteiger partial charge in [0.05, 0.1) is 12.0 Å². The number of esters is 1. The number of methoxy groups -OCH3 is 1. The van der Waals surface area contributed by atoms with Gasteiger partial charge in [-0.3, -0.25) is 4.79 Å². The van der Waals surface area contributed by atoms with E-state index in [1.807, 2.05) is 0 Å². The van der Waals surface area contributed by atoms with Gasteiger partial charge in [0.2, 0.25) is 10.0 Å². The molecule has 0 radical (unpaired) electrons. The summed E-state index contributed by atoms with van der Waals surface area (Å²) < 4.78 is 36.8. The maximum absolute atomic E-state index is 12.7. The van der Waals surface area contributed by atoms with Gasteiger partial charge in [-0.2, -0.15) is 9.57 Å². The van der Waals surface area contributed by atoms with Crippen molar-refractivity contribution in [1.82, 2.24) is 9.21 Å². The quantitative estimate of drug-likeness (QED) is 0.344. The van der Waals surface area contributed by atoms with E-state index >= 15 is 0 Å². The van der Waals surface area contributed by atoms with Crippen LogP contribution in [0.5, 0.6) is 5.75 Å². The number of hydrogen-bond acceptors (Lipinski definition) is 7. The molecule has 10 heteroatoms. The molecule has 1 aliphatic rings. The monoisotopic (exact) mass is 469 g/mol. The molecule has 172 valence electrons. The number of carbonyl (C=O) groups is 2. The summed E-state index contributed by atoms with van der Waals surface area (Å²) >= 11 is 0. The first kappa shape index (κ1) is 24.0. The molecule has 0 aromatic heterocycles. The third kappa shape index (κ3) is 5.97. The van der Waals surface area contributed by atoms with Crippen molar-refractivity contribution in [2.45, 2.75) is 4.90 Å². The standard InChI is InChI=1S/C23H23N3O6S/c1-31-20-9-7-18(8-10-20)15-19(16-24)23(28)32-17-22(27)25-11-13-26(14-12-25)33(29,30)21-5-3-2-4-6-21/h2-10,15H,11-14,17H2,1H3/b19-15+. The molecule has 0 aliphatic carbocycles. The van der Waals surface area contributed by atoms with Gasteiger partial charge in [-0.15, -0.1) is 0 Å². The Morgan fingerprint density at radius 2 is 1.67 bits per heavy atom. The molecule has 33 heavy (non-hydrogen) atoms. The van der Waals surface area contributed by atoms with Crippen LogP contribution in [-0.2, 0) is 24.3 Å². The lowest BCUT2D eigenvalue weighted by atomic mass is 10.1. The number of sulfonamides is 1. The van der Waals surface area contributed by atoms with E-state index in [0.717, 1.165) is 0 Å². The molecule has 0 saturated carbocycles. The van der Waals surface area contributed by atoms with Gasteiger partial charge in [-0.05, 0) is 35.9 Å². The fourth-order valence-electron chi connectivity index (χ4n) is 3.22. The summed E-state index contributed by atoms with van der Waals surface area (Å²) in [6.07, 6.45) is 1.36. The molecule has 0 bridgehead atoms. The number of carbonyl (C=O) groups excluding carboxylic acids is 2. The van der Waals surface area contributed by atoms with Crippen LogP contribution in [0, 0.1) is 11.3 Å². The molecular weight excluding hydrogens is 446 g/mol. The van der Waals surface area contributed by atoms with Gasteiger partial charge < -0.3 is 14.4 Å². The van der Waals surface area contributed by atoms with Crippen molar-refractivity contribution in [3.8, 4) is 11.8 Å². The Hall–Kier alpha value is -3.68. The van der Waals surface area contributed by atoms with Gasteiger partial charge in [-0.1, -0.05) is 30.3 Å². The normalized spacial score (nSPS) is 14.9.